The molecule has 4 nitrogen and oxygen atoms in total. The fourth-order valence-electron chi connectivity index (χ4n) is 3.65. The molecular formula is C25H19N3O. The van der Waals surface area contributed by atoms with Crippen LogP contribution >= 0.6 is 0 Å². The molecule has 0 bridgehead atoms. The first-order chi connectivity index (χ1) is 14.2. The normalized spacial score (nSPS) is 11.1. The first-order valence-electron chi connectivity index (χ1n) is 9.54. The Morgan fingerprint density at radius 2 is 1.48 bits per heavy atom. The van der Waals surface area contributed by atoms with Gasteiger partial charge in [-0.15, -0.1) is 0 Å². The SMILES string of the molecule is Cc1ccc2[nH]c(=O)cc(-n3nc(-c4ccccc4)cc3-c3ccccc3)c2c1. The summed E-state index contributed by atoms with van der Waals surface area (Å²) in [4.78, 5) is 15.3. The van der Waals surface area contributed by atoms with Gasteiger partial charge in [-0.3, -0.25) is 4.79 Å². The van der Waals surface area contributed by atoms with E-state index >= 15 is 0 Å². The summed E-state index contributed by atoms with van der Waals surface area (Å²) in [6.45, 7) is 2.05. The van der Waals surface area contributed by atoms with Gasteiger partial charge in [0.15, 0.2) is 0 Å². The highest BCUT2D eigenvalue weighted by atomic mass is 16.1. The van der Waals surface area contributed by atoms with Gasteiger partial charge in [-0.05, 0) is 25.1 Å². The van der Waals surface area contributed by atoms with Gasteiger partial charge in [0.1, 0.15) is 0 Å². The van der Waals surface area contributed by atoms with Gasteiger partial charge in [0.2, 0.25) is 0 Å². The van der Waals surface area contributed by atoms with E-state index in [0.29, 0.717) is 0 Å². The molecule has 4 heteroatoms. The number of nitrogens with zero attached hydrogens (tertiary/aromatic N) is 2. The molecule has 0 radical (unpaired) electrons. The molecule has 0 atom stereocenters. The number of aromatic amines is 1. The van der Waals surface area contributed by atoms with Crippen molar-refractivity contribution in [2.45, 2.75) is 6.92 Å². The van der Waals surface area contributed by atoms with E-state index in [1.54, 1.807) is 6.07 Å². The molecule has 0 fully saturated rings. The molecule has 3 aromatic carbocycles. The topological polar surface area (TPSA) is 50.7 Å². The number of rotatable bonds is 3. The Morgan fingerprint density at radius 3 is 2.21 bits per heavy atom. The monoisotopic (exact) mass is 377 g/mol. The molecule has 0 saturated heterocycles. The van der Waals surface area contributed by atoms with Crippen LogP contribution in [0.25, 0.3) is 39.1 Å². The third kappa shape index (κ3) is 3.15. The van der Waals surface area contributed by atoms with Crippen LogP contribution < -0.4 is 5.56 Å². The summed E-state index contributed by atoms with van der Waals surface area (Å²) in [7, 11) is 0. The number of aryl methyl sites for hydroxylation is 1. The molecule has 5 aromatic rings. The Labute approximate surface area is 168 Å². The van der Waals surface area contributed by atoms with Gasteiger partial charge in [0.05, 0.1) is 22.6 Å². The summed E-state index contributed by atoms with van der Waals surface area (Å²) in [6.07, 6.45) is 0. The number of hydrogen-bond donors (Lipinski definition) is 1. The lowest BCUT2D eigenvalue weighted by Gasteiger charge is -2.11. The molecule has 0 saturated carbocycles. The zero-order chi connectivity index (χ0) is 19.8. The van der Waals surface area contributed by atoms with E-state index in [0.717, 1.165) is 44.7 Å². The fraction of sp³-hybridized carbons (Fsp3) is 0.0400. The van der Waals surface area contributed by atoms with Crippen molar-refractivity contribution in [1.29, 1.82) is 0 Å². The van der Waals surface area contributed by atoms with E-state index in [4.69, 9.17) is 5.10 Å². The van der Waals surface area contributed by atoms with Crippen LogP contribution in [0.3, 0.4) is 0 Å². The van der Waals surface area contributed by atoms with Gasteiger partial charge < -0.3 is 4.98 Å². The van der Waals surface area contributed by atoms with E-state index in [1.165, 1.54) is 0 Å². The van der Waals surface area contributed by atoms with Crippen LogP contribution in [0.2, 0.25) is 0 Å². The lowest BCUT2D eigenvalue weighted by atomic mass is 10.1. The number of nitrogens with one attached hydrogen (secondary N) is 1. The van der Waals surface area contributed by atoms with Crippen molar-refractivity contribution in [1.82, 2.24) is 14.8 Å². The molecule has 140 valence electrons. The molecule has 2 aromatic heterocycles. The minimum Gasteiger partial charge on any atom is -0.322 e. The van der Waals surface area contributed by atoms with Crippen LogP contribution in [-0.4, -0.2) is 14.8 Å². The Morgan fingerprint density at radius 1 is 0.793 bits per heavy atom. The molecule has 0 aliphatic rings. The van der Waals surface area contributed by atoms with Crippen molar-refractivity contribution < 1.29 is 0 Å². The van der Waals surface area contributed by atoms with Gasteiger partial charge in [-0.2, -0.15) is 5.10 Å². The van der Waals surface area contributed by atoms with Gasteiger partial charge in [0, 0.05) is 22.6 Å². The summed E-state index contributed by atoms with van der Waals surface area (Å²) in [5.41, 5.74) is 6.44. The Balaban J connectivity index is 1.83. The zero-order valence-electron chi connectivity index (χ0n) is 16.0. The van der Waals surface area contributed by atoms with Gasteiger partial charge in [0.25, 0.3) is 5.56 Å². The maximum Gasteiger partial charge on any atom is 0.250 e. The second kappa shape index (κ2) is 6.91. The summed E-state index contributed by atoms with van der Waals surface area (Å²) in [5, 5.41) is 5.87. The maximum atomic E-state index is 12.4. The maximum absolute atomic E-state index is 12.4. The van der Waals surface area contributed by atoms with E-state index in [-0.39, 0.29) is 5.56 Å². The predicted molar refractivity (Wildman–Crippen MR) is 117 cm³/mol. The van der Waals surface area contributed by atoms with Crippen LogP contribution in [0.1, 0.15) is 5.56 Å². The first kappa shape index (κ1) is 17.2. The van der Waals surface area contributed by atoms with Gasteiger partial charge in [-0.25, -0.2) is 4.68 Å². The highest BCUT2D eigenvalue weighted by Crippen LogP contribution is 2.30. The van der Waals surface area contributed by atoms with Gasteiger partial charge >= 0.3 is 0 Å². The second-order valence-electron chi connectivity index (χ2n) is 7.13. The number of H-pyrrole nitrogens is 1. The molecule has 0 unspecified atom stereocenters. The molecular weight excluding hydrogens is 358 g/mol. The third-order valence-electron chi connectivity index (χ3n) is 5.05. The van der Waals surface area contributed by atoms with Gasteiger partial charge in [-0.1, -0.05) is 72.3 Å². The lowest BCUT2D eigenvalue weighted by molar-refractivity contribution is 0.895. The number of hydrogen-bond acceptors (Lipinski definition) is 2. The van der Waals surface area contributed by atoms with Crippen molar-refractivity contribution in [3.63, 3.8) is 0 Å². The molecule has 0 aliphatic carbocycles. The third-order valence-corrected chi connectivity index (χ3v) is 5.05. The standard InChI is InChI=1S/C25H19N3O/c1-17-12-13-21-20(14-17)24(16-25(29)26-21)28-23(19-10-6-3-7-11-19)15-22(27-28)18-8-4-2-5-9-18/h2-16H,1H3,(H,26,29). The van der Waals surface area contributed by atoms with E-state index in [1.807, 2.05) is 72.3 Å². The molecule has 2 heterocycles. The highest BCUT2D eigenvalue weighted by molar-refractivity contribution is 5.88. The Bertz CT molecular complexity index is 1370. The minimum atomic E-state index is -0.146. The number of pyridine rings is 1. The molecule has 0 amide bonds. The predicted octanol–water partition coefficient (Wildman–Crippen LogP) is 5.36. The van der Waals surface area contributed by atoms with Crippen LogP contribution in [0, 0.1) is 6.92 Å². The molecule has 5 rings (SSSR count). The first-order valence-corrected chi connectivity index (χ1v) is 9.54. The fourth-order valence-corrected chi connectivity index (χ4v) is 3.65. The van der Waals surface area contributed by atoms with Crippen molar-refractivity contribution in [3.8, 4) is 28.2 Å². The molecule has 0 spiro atoms. The van der Waals surface area contributed by atoms with Crippen molar-refractivity contribution in [2.75, 3.05) is 0 Å². The number of aromatic nitrogens is 3. The minimum absolute atomic E-state index is 0.146. The highest BCUT2D eigenvalue weighted by Gasteiger charge is 2.16. The van der Waals surface area contributed by atoms with E-state index in [9.17, 15) is 4.79 Å². The largest absolute Gasteiger partial charge is 0.322 e. The van der Waals surface area contributed by atoms with Crippen molar-refractivity contribution in [3.05, 3.63) is 107 Å². The average Bonchev–Trinajstić information content (AvgIpc) is 3.20. The van der Waals surface area contributed by atoms with Crippen LogP contribution in [0.4, 0.5) is 0 Å². The molecule has 29 heavy (non-hydrogen) atoms. The number of benzene rings is 3. The summed E-state index contributed by atoms with van der Waals surface area (Å²) in [6, 6.07) is 29.9. The van der Waals surface area contributed by atoms with Crippen molar-refractivity contribution in [2.24, 2.45) is 0 Å². The van der Waals surface area contributed by atoms with Crippen LogP contribution in [-0.2, 0) is 0 Å². The van der Waals surface area contributed by atoms with E-state index < -0.39 is 0 Å². The van der Waals surface area contributed by atoms with Crippen LogP contribution in [0.5, 0.6) is 0 Å². The lowest BCUT2D eigenvalue weighted by Crippen LogP contribution is -2.10. The summed E-state index contributed by atoms with van der Waals surface area (Å²) < 4.78 is 1.88. The molecule has 0 aliphatic heterocycles. The summed E-state index contributed by atoms with van der Waals surface area (Å²) in [5.74, 6) is 0. The number of fused-ring (bicyclic) bond motifs is 1. The van der Waals surface area contributed by atoms with Crippen LogP contribution in [0.15, 0.2) is 95.8 Å². The average molecular weight is 377 g/mol. The molecule has 1 N–H and O–H groups in total. The quantitative estimate of drug-likeness (QED) is 0.460. The summed E-state index contributed by atoms with van der Waals surface area (Å²) >= 11 is 0. The zero-order valence-corrected chi connectivity index (χ0v) is 16.0. The van der Waals surface area contributed by atoms with E-state index in [2.05, 4.69) is 29.2 Å². The smallest absolute Gasteiger partial charge is 0.250 e. The van der Waals surface area contributed by atoms with Crippen molar-refractivity contribution >= 4 is 10.9 Å². The Hall–Kier alpha value is -3.92. The second-order valence-corrected chi connectivity index (χ2v) is 7.13. The Kier molecular flexibility index (Phi) is 4.10.